The Balaban J connectivity index is 2.95. The smallest absolute Gasteiger partial charge is 0.0251 e. The van der Waals surface area contributed by atoms with Crippen LogP contribution in [0, 0.1) is 0 Å². The molecule has 0 rings (SSSR count). The van der Waals surface area contributed by atoms with Crippen LogP contribution in [-0.2, 0) is 0 Å². The second-order valence-electron chi connectivity index (χ2n) is 2.18. The monoisotopic (exact) mass is 131 g/mol. The zero-order valence-electron chi connectivity index (χ0n) is 6.14. The molecule has 0 aromatic rings. The van der Waals surface area contributed by atoms with E-state index in [9.17, 15) is 0 Å². The van der Waals surface area contributed by atoms with Gasteiger partial charge in [-0.15, -0.1) is 0 Å². The maximum atomic E-state index is 5.52. The highest BCUT2D eigenvalue weighted by molar-refractivity contribution is 4.47. The van der Waals surface area contributed by atoms with Crippen molar-refractivity contribution in [3.05, 3.63) is 0 Å². The highest BCUT2D eigenvalue weighted by atomic mass is 15.4. The summed E-state index contributed by atoms with van der Waals surface area (Å²) in [4.78, 5) is 0. The zero-order chi connectivity index (χ0) is 7.11. The predicted octanol–water partition coefficient (Wildman–Crippen LogP) is -0.0791. The lowest BCUT2D eigenvalue weighted by atomic mass is 10.3. The molecule has 0 saturated heterocycles. The van der Waals surface area contributed by atoms with E-state index >= 15 is 0 Å². The first-order valence-electron chi connectivity index (χ1n) is 3.51. The van der Waals surface area contributed by atoms with Crippen LogP contribution >= 0.6 is 0 Å². The molecule has 0 aromatic heterocycles. The molecule has 0 aromatic carbocycles. The van der Waals surface area contributed by atoms with Crippen LogP contribution < -0.4 is 11.6 Å². The van der Waals surface area contributed by atoms with E-state index in [1.54, 1.807) is 5.01 Å². The fourth-order valence-corrected chi connectivity index (χ4v) is 0.639. The Bertz CT molecular complexity index is 56.3. The summed E-state index contributed by atoms with van der Waals surface area (Å²) in [7, 11) is 0. The van der Waals surface area contributed by atoms with Gasteiger partial charge >= 0.3 is 0 Å². The molecule has 4 N–H and O–H groups in total. The van der Waals surface area contributed by atoms with Crippen LogP contribution in [0.1, 0.15) is 19.8 Å². The Hall–Kier alpha value is -0.120. The Morgan fingerprint density at radius 2 is 2.00 bits per heavy atom. The van der Waals surface area contributed by atoms with Crippen molar-refractivity contribution >= 4 is 0 Å². The second-order valence-corrected chi connectivity index (χ2v) is 2.18. The molecule has 56 valence electrons. The van der Waals surface area contributed by atoms with Crippen molar-refractivity contribution in [2.24, 2.45) is 11.6 Å². The van der Waals surface area contributed by atoms with Crippen LogP contribution in [0.2, 0.25) is 0 Å². The quantitative estimate of drug-likeness (QED) is 0.405. The Morgan fingerprint density at radius 3 is 2.44 bits per heavy atom. The minimum Gasteiger partial charge on any atom is -0.329 e. The molecule has 0 unspecified atom stereocenters. The Kier molecular flexibility index (Phi) is 5.93. The molecule has 0 aliphatic heterocycles. The third-order valence-electron chi connectivity index (χ3n) is 1.22. The summed E-state index contributed by atoms with van der Waals surface area (Å²) in [6.07, 6.45) is 2.36. The lowest BCUT2D eigenvalue weighted by molar-refractivity contribution is 0.286. The fourth-order valence-electron chi connectivity index (χ4n) is 0.639. The molecule has 0 atom stereocenters. The average Bonchev–Trinajstić information content (AvgIpc) is 1.85. The molecule has 0 spiro atoms. The first-order valence-corrected chi connectivity index (χ1v) is 3.51. The summed E-state index contributed by atoms with van der Waals surface area (Å²) in [6, 6.07) is 0. The van der Waals surface area contributed by atoms with Gasteiger partial charge in [0.1, 0.15) is 0 Å². The number of rotatable bonds is 5. The maximum absolute atomic E-state index is 5.52. The molecule has 3 nitrogen and oxygen atoms in total. The van der Waals surface area contributed by atoms with Crippen molar-refractivity contribution in [1.82, 2.24) is 5.01 Å². The minimum atomic E-state index is 0.653. The van der Waals surface area contributed by atoms with Crippen molar-refractivity contribution in [3.63, 3.8) is 0 Å². The van der Waals surface area contributed by atoms with Crippen LogP contribution in [0.5, 0.6) is 0 Å². The summed E-state index contributed by atoms with van der Waals surface area (Å²) >= 11 is 0. The lowest BCUT2D eigenvalue weighted by Crippen LogP contribution is -2.36. The SMILES string of the molecule is CCCCN(N)CCN. The van der Waals surface area contributed by atoms with E-state index in [0.29, 0.717) is 6.54 Å². The van der Waals surface area contributed by atoms with Crippen LogP contribution in [-0.4, -0.2) is 24.6 Å². The van der Waals surface area contributed by atoms with Gasteiger partial charge in [-0.2, -0.15) is 0 Å². The molecule has 0 aliphatic rings. The van der Waals surface area contributed by atoms with Gasteiger partial charge in [0.25, 0.3) is 0 Å². The largest absolute Gasteiger partial charge is 0.329 e. The first-order chi connectivity index (χ1) is 4.31. The van der Waals surface area contributed by atoms with Gasteiger partial charge < -0.3 is 5.73 Å². The van der Waals surface area contributed by atoms with E-state index in [4.69, 9.17) is 11.6 Å². The van der Waals surface area contributed by atoms with Gasteiger partial charge in [0.05, 0.1) is 0 Å². The summed E-state index contributed by atoms with van der Waals surface area (Å²) < 4.78 is 0. The van der Waals surface area contributed by atoms with Crippen molar-refractivity contribution in [1.29, 1.82) is 0 Å². The highest BCUT2D eigenvalue weighted by Crippen LogP contribution is 1.86. The van der Waals surface area contributed by atoms with Crippen LogP contribution in [0.3, 0.4) is 0 Å². The van der Waals surface area contributed by atoms with Gasteiger partial charge in [0.2, 0.25) is 0 Å². The molecule has 0 fully saturated rings. The third kappa shape index (κ3) is 5.76. The molecule has 0 heterocycles. The molecule has 0 aliphatic carbocycles. The van der Waals surface area contributed by atoms with Crippen LogP contribution in [0.25, 0.3) is 0 Å². The van der Waals surface area contributed by atoms with Crippen molar-refractivity contribution < 1.29 is 0 Å². The summed E-state index contributed by atoms with van der Waals surface area (Å²) in [5.74, 6) is 5.52. The number of nitrogens with zero attached hydrogens (tertiary/aromatic N) is 1. The second kappa shape index (κ2) is 6.01. The first kappa shape index (κ1) is 8.88. The molecule has 0 saturated carbocycles. The van der Waals surface area contributed by atoms with E-state index in [2.05, 4.69) is 6.92 Å². The van der Waals surface area contributed by atoms with E-state index in [0.717, 1.165) is 19.5 Å². The van der Waals surface area contributed by atoms with E-state index in [1.165, 1.54) is 6.42 Å². The van der Waals surface area contributed by atoms with Crippen LogP contribution in [0.15, 0.2) is 0 Å². The molecule has 9 heavy (non-hydrogen) atoms. The summed E-state index contributed by atoms with van der Waals surface area (Å²) in [5, 5.41) is 1.77. The number of hydrogen-bond acceptors (Lipinski definition) is 3. The Labute approximate surface area is 57.0 Å². The third-order valence-corrected chi connectivity index (χ3v) is 1.22. The summed E-state index contributed by atoms with van der Waals surface area (Å²) in [6.45, 7) is 4.57. The lowest BCUT2D eigenvalue weighted by Gasteiger charge is -2.13. The number of unbranched alkanes of at least 4 members (excludes halogenated alkanes) is 1. The van der Waals surface area contributed by atoms with Gasteiger partial charge in [-0.1, -0.05) is 13.3 Å². The summed E-state index contributed by atoms with van der Waals surface area (Å²) in [5.41, 5.74) is 5.28. The zero-order valence-corrected chi connectivity index (χ0v) is 6.14. The highest BCUT2D eigenvalue weighted by Gasteiger charge is 1.93. The number of hydrazine groups is 1. The van der Waals surface area contributed by atoms with Crippen molar-refractivity contribution in [2.75, 3.05) is 19.6 Å². The van der Waals surface area contributed by atoms with Gasteiger partial charge in [-0.3, -0.25) is 5.84 Å². The number of hydrogen-bond donors (Lipinski definition) is 2. The normalized spacial score (nSPS) is 10.7. The molecule has 0 radical (unpaired) electrons. The van der Waals surface area contributed by atoms with Crippen molar-refractivity contribution in [2.45, 2.75) is 19.8 Å². The Morgan fingerprint density at radius 1 is 1.33 bits per heavy atom. The van der Waals surface area contributed by atoms with Gasteiger partial charge in [-0.25, -0.2) is 5.01 Å². The van der Waals surface area contributed by atoms with Gasteiger partial charge in [0, 0.05) is 19.6 Å². The van der Waals surface area contributed by atoms with E-state index < -0.39 is 0 Å². The topological polar surface area (TPSA) is 55.3 Å². The molecule has 0 bridgehead atoms. The minimum absolute atomic E-state index is 0.653. The van der Waals surface area contributed by atoms with Crippen molar-refractivity contribution in [3.8, 4) is 0 Å². The molecule has 0 amide bonds. The van der Waals surface area contributed by atoms with Gasteiger partial charge in [-0.05, 0) is 6.42 Å². The van der Waals surface area contributed by atoms with E-state index in [1.807, 2.05) is 0 Å². The van der Waals surface area contributed by atoms with E-state index in [-0.39, 0.29) is 0 Å². The standard InChI is InChI=1S/C6H17N3/c1-2-3-5-9(8)6-4-7/h2-8H2,1H3. The fraction of sp³-hybridized carbons (Fsp3) is 1.00. The molecular weight excluding hydrogens is 114 g/mol. The molecule has 3 heteroatoms. The number of nitrogens with two attached hydrogens (primary N) is 2. The maximum Gasteiger partial charge on any atom is 0.0251 e. The predicted molar refractivity (Wildman–Crippen MR) is 39.7 cm³/mol. The average molecular weight is 131 g/mol. The van der Waals surface area contributed by atoms with Crippen LogP contribution in [0.4, 0.5) is 0 Å². The van der Waals surface area contributed by atoms with Gasteiger partial charge in [0.15, 0.2) is 0 Å². The molecular formula is C6H17N3.